The van der Waals surface area contributed by atoms with Crippen molar-refractivity contribution in [2.24, 2.45) is 4.99 Å². The number of hydrogen-bond donors (Lipinski definition) is 2. The van der Waals surface area contributed by atoms with Crippen LogP contribution in [-0.2, 0) is 16.0 Å². The van der Waals surface area contributed by atoms with E-state index in [9.17, 15) is 0 Å². The molecule has 1 aromatic rings. The summed E-state index contributed by atoms with van der Waals surface area (Å²) < 4.78 is 16.0. The number of nitrogens with zero attached hydrogens (tertiary/aromatic N) is 1. The number of rotatable bonds is 9. The third kappa shape index (κ3) is 7.85. The van der Waals surface area contributed by atoms with Crippen LogP contribution < -0.4 is 15.4 Å². The van der Waals surface area contributed by atoms with E-state index < -0.39 is 0 Å². The number of methoxy groups -OCH3 is 2. The van der Waals surface area contributed by atoms with E-state index in [1.54, 1.807) is 21.3 Å². The lowest BCUT2D eigenvalue weighted by Gasteiger charge is -2.24. The van der Waals surface area contributed by atoms with Gasteiger partial charge in [0, 0.05) is 34.4 Å². The van der Waals surface area contributed by atoms with Gasteiger partial charge in [0.2, 0.25) is 0 Å². The van der Waals surface area contributed by atoms with Gasteiger partial charge in [0.25, 0.3) is 0 Å². The van der Waals surface area contributed by atoms with E-state index in [-0.39, 0.29) is 5.60 Å². The van der Waals surface area contributed by atoms with Gasteiger partial charge in [0.15, 0.2) is 5.96 Å². The molecular weight excluding hydrogens is 294 g/mol. The molecule has 0 amide bonds. The fourth-order valence-corrected chi connectivity index (χ4v) is 1.76. The van der Waals surface area contributed by atoms with E-state index in [2.05, 4.69) is 15.6 Å². The largest absolute Gasteiger partial charge is 0.491 e. The molecule has 0 bridgehead atoms. The minimum Gasteiger partial charge on any atom is -0.491 e. The van der Waals surface area contributed by atoms with E-state index >= 15 is 0 Å². The Bertz CT molecular complexity index is 490. The minimum absolute atomic E-state index is 0.243. The Morgan fingerprint density at radius 3 is 2.61 bits per heavy atom. The minimum atomic E-state index is -0.243. The summed E-state index contributed by atoms with van der Waals surface area (Å²) >= 11 is 0. The van der Waals surface area contributed by atoms with Crippen molar-refractivity contribution in [3.8, 4) is 5.75 Å². The average molecular weight is 323 g/mol. The van der Waals surface area contributed by atoms with Crippen LogP contribution in [0, 0.1) is 0 Å². The molecule has 0 spiro atoms. The molecule has 6 heteroatoms. The molecule has 0 radical (unpaired) electrons. The van der Waals surface area contributed by atoms with Crippen LogP contribution in [0.2, 0.25) is 0 Å². The summed E-state index contributed by atoms with van der Waals surface area (Å²) in [7, 11) is 5.11. The molecule has 1 aromatic carbocycles. The second-order valence-corrected chi connectivity index (χ2v) is 5.73. The summed E-state index contributed by atoms with van der Waals surface area (Å²) in [4.78, 5) is 4.21. The maximum atomic E-state index is 5.61. The molecule has 0 aliphatic carbocycles. The molecule has 0 aliphatic rings. The normalized spacial score (nSPS) is 12.1. The molecule has 0 aromatic heterocycles. The van der Waals surface area contributed by atoms with Crippen molar-refractivity contribution in [2.75, 3.05) is 41.0 Å². The number of hydrogen-bond acceptors (Lipinski definition) is 4. The molecule has 23 heavy (non-hydrogen) atoms. The van der Waals surface area contributed by atoms with Crippen molar-refractivity contribution in [3.05, 3.63) is 29.8 Å². The number of aliphatic imine (C=N–C) groups is 1. The van der Waals surface area contributed by atoms with Gasteiger partial charge in [-0.2, -0.15) is 0 Å². The van der Waals surface area contributed by atoms with E-state index in [1.807, 2.05) is 38.1 Å². The summed E-state index contributed by atoms with van der Waals surface area (Å²) in [6.45, 7) is 6.50. The van der Waals surface area contributed by atoms with E-state index in [4.69, 9.17) is 14.2 Å². The average Bonchev–Trinajstić information content (AvgIpc) is 2.56. The molecule has 2 N–H and O–H groups in total. The van der Waals surface area contributed by atoms with E-state index in [0.29, 0.717) is 26.3 Å². The third-order valence-electron chi connectivity index (χ3n) is 3.37. The van der Waals surface area contributed by atoms with Crippen molar-refractivity contribution in [1.29, 1.82) is 0 Å². The maximum absolute atomic E-state index is 5.61. The van der Waals surface area contributed by atoms with Crippen molar-refractivity contribution < 1.29 is 14.2 Å². The zero-order valence-corrected chi connectivity index (χ0v) is 14.8. The first-order valence-corrected chi connectivity index (χ1v) is 7.71. The lowest BCUT2D eigenvalue weighted by atomic mass is 10.1. The van der Waals surface area contributed by atoms with Crippen LogP contribution >= 0.6 is 0 Å². The number of benzene rings is 1. The number of nitrogens with one attached hydrogen (secondary N) is 2. The fourth-order valence-electron chi connectivity index (χ4n) is 1.76. The molecular formula is C17H29N3O3. The molecule has 1 rings (SSSR count). The third-order valence-corrected chi connectivity index (χ3v) is 3.37. The van der Waals surface area contributed by atoms with Gasteiger partial charge in [-0.05, 0) is 31.5 Å². The van der Waals surface area contributed by atoms with Gasteiger partial charge >= 0.3 is 0 Å². The Morgan fingerprint density at radius 1 is 1.17 bits per heavy atom. The first kappa shape index (κ1) is 19.3. The Kier molecular flexibility index (Phi) is 8.43. The van der Waals surface area contributed by atoms with Crippen LogP contribution in [0.1, 0.15) is 19.4 Å². The van der Waals surface area contributed by atoms with E-state index in [1.165, 1.54) is 0 Å². The monoisotopic (exact) mass is 323 g/mol. The zero-order valence-electron chi connectivity index (χ0n) is 14.8. The van der Waals surface area contributed by atoms with Gasteiger partial charge in [-0.1, -0.05) is 12.1 Å². The first-order valence-electron chi connectivity index (χ1n) is 7.71. The van der Waals surface area contributed by atoms with Crippen molar-refractivity contribution in [1.82, 2.24) is 10.6 Å². The molecule has 6 nitrogen and oxygen atoms in total. The van der Waals surface area contributed by atoms with Gasteiger partial charge in [-0.3, -0.25) is 4.99 Å². The first-order chi connectivity index (χ1) is 11.0. The molecule has 0 aliphatic heterocycles. The van der Waals surface area contributed by atoms with Gasteiger partial charge in [-0.25, -0.2) is 0 Å². The van der Waals surface area contributed by atoms with Crippen LogP contribution in [0.5, 0.6) is 5.75 Å². The van der Waals surface area contributed by atoms with Crippen molar-refractivity contribution in [2.45, 2.75) is 26.0 Å². The molecule has 0 unspecified atom stereocenters. The highest BCUT2D eigenvalue weighted by atomic mass is 16.5. The summed E-state index contributed by atoms with van der Waals surface area (Å²) in [5, 5.41) is 6.53. The summed E-state index contributed by atoms with van der Waals surface area (Å²) in [6.07, 6.45) is 0. The predicted octanol–water partition coefficient (Wildman–Crippen LogP) is 1.80. The Balaban J connectivity index is 2.47. The molecule has 0 saturated heterocycles. The highest BCUT2D eigenvalue weighted by Gasteiger charge is 2.16. The lowest BCUT2D eigenvalue weighted by molar-refractivity contribution is 0.0268. The maximum Gasteiger partial charge on any atom is 0.191 e. The lowest BCUT2D eigenvalue weighted by Crippen LogP contribution is -2.45. The van der Waals surface area contributed by atoms with Crippen molar-refractivity contribution in [3.63, 3.8) is 0 Å². The quantitative estimate of drug-likeness (QED) is 0.412. The van der Waals surface area contributed by atoms with Gasteiger partial charge < -0.3 is 24.8 Å². The van der Waals surface area contributed by atoms with Gasteiger partial charge in [-0.15, -0.1) is 0 Å². The van der Waals surface area contributed by atoms with Gasteiger partial charge in [0.05, 0.1) is 12.2 Å². The van der Waals surface area contributed by atoms with Crippen LogP contribution in [-0.4, -0.2) is 52.6 Å². The molecule has 0 saturated carbocycles. The highest BCUT2D eigenvalue weighted by Crippen LogP contribution is 2.13. The topological polar surface area (TPSA) is 64.1 Å². The standard InChI is InChI=1S/C17H29N3O3/c1-17(2,22-5)13-20-16(18-3)19-12-14-7-6-8-15(11-14)23-10-9-21-4/h6-8,11H,9-10,12-13H2,1-5H3,(H2,18,19,20). The zero-order chi connectivity index (χ0) is 17.1. The SMILES string of the molecule is CN=C(NCc1cccc(OCCOC)c1)NCC(C)(C)OC. The number of guanidine groups is 1. The molecule has 0 atom stereocenters. The summed E-state index contributed by atoms with van der Waals surface area (Å²) in [6, 6.07) is 7.97. The Hall–Kier alpha value is -1.79. The van der Waals surface area contributed by atoms with Crippen molar-refractivity contribution >= 4 is 5.96 Å². The van der Waals surface area contributed by atoms with Gasteiger partial charge in [0.1, 0.15) is 12.4 Å². The molecule has 130 valence electrons. The fraction of sp³-hybridized carbons (Fsp3) is 0.588. The van der Waals surface area contributed by atoms with Crippen LogP contribution in [0.15, 0.2) is 29.3 Å². The summed E-state index contributed by atoms with van der Waals surface area (Å²) in [5.41, 5.74) is 0.876. The second kappa shape index (κ2) is 10.1. The predicted molar refractivity (Wildman–Crippen MR) is 93.1 cm³/mol. The second-order valence-electron chi connectivity index (χ2n) is 5.73. The Morgan fingerprint density at radius 2 is 1.96 bits per heavy atom. The smallest absolute Gasteiger partial charge is 0.191 e. The molecule has 0 fully saturated rings. The summed E-state index contributed by atoms with van der Waals surface area (Å²) in [5.74, 6) is 1.57. The van der Waals surface area contributed by atoms with Crippen LogP contribution in [0.25, 0.3) is 0 Å². The van der Waals surface area contributed by atoms with Crippen LogP contribution in [0.4, 0.5) is 0 Å². The Labute approximate surface area is 139 Å². The van der Waals surface area contributed by atoms with E-state index in [0.717, 1.165) is 17.3 Å². The van der Waals surface area contributed by atoms with Crippen LogP contribution in [0.3, 0.4) is 0 Å². The highest BCUT2D eigenvalue weighted by molar-refractivity contribution is 5.79. The molecule has 0 heterocycles. The number of ether oxygens (including phenoxy) is 3.